The maximum absolute atomic E-state index is 13.5. The van der Waals surface area contributed by atoms with Crippen molar-refractivity contribution in [1.29, 1.82) is 0 Å². The first kappa shape index (κ1) is 18.9. The predicted octanol–water partition coefficient (Wildman–Crippen LogP) is 0.662. The van der Waals surface area contributed by atoms with Gasteiger partial charge in [-0.3, -0.25) is 19.7 Å². The van der Waals surface area contributed by atoms with E-state index in [1.807, 2.05) is 12.1 Å². The number of halogens is 2. The van der Waals surface area contributed by atoms with Gasteiger partial charge in [-0.25, -0.2) is 8.78 Å². The Morgan fingerprint density at radius 1 is 1.25 bits per heavy atom. The summed E-state index contributed by atoms with van der Waals surface area (Å²) >= 11 is 0. The molecule has 2 heterocycles. The van der Waals surface area contributed by atoms with Crippen molar-refractivity contribution >= 4 is 17.7 Å². The molecule has 1 saturated carbocycles. The second kappa shape index (κ2) is 6.89. The highest BCUT2D eigenvalue weighted by atomic mass is 19.3. The van der Waals surface area contributed by atoms with E-state index in [4.69, 9.17) is 5.73 Å². The lowest BCUT2D eigenvalue weighted by Gasteiger charge is -2.29. The molecule has 3 amide bonds. The number of carbonyl (C=O) groups excluding carboxylic acids is 3. The zero-order valence-corrected chi connectivity index (χ0v) is 15.2. The molecule has 2 aliphatic heterocycles. The monoisotopic (exact) mass is 392 g/mol. The highest BCUT2D eigenvalue weighted by Crippen LogP contribution is 2.34. The summed E-state index contributed by atoms with van der Waals surface area (Å²) in [6.07, 6.45) is -0.0971. The molecule has 1 aliphatic carbocycles. The molecule has 4 rings (SSSR count). The fraction of sp³-hybridized carbons (Fsp3) is 0.526. The molecule has 9 heteroatoms. The second-order valence-electron chi connectivity index (χ2n) is 7.81. The largest absolute Gasteiger partial charge is 0.326 e. The molecule has 1 aromatic carbocycles. The molecule has 4 N–H and O–H groups in total. The molecule has 3 atom stereocenters. The van der Waals surface area contributed by atoms with Gasteiger partial charge in [-0.15, -0.1) is 0 Å². The third-order valence-electron chi connectivity index (χ3n) is 5.73. The van der Waals surface area contributed by atoms with Crippen molar-refractivity contribution in [3.63, 3.8) is 0 Å². The molecule has 0 spiro atoms. The van der Waals surface area contributed by atoms with Crippen LogP contribution in [0.15, 0.2) is 18.2 Å². The smallest absolute Gasteiger partial charge is 0.255 e. The van der Waals surface area contributed by atoms with Gasteiger partial charge in [0.15, 0.2) is 0 Å². The Morgan fingerprint density at radius 2 is 2.04 bits per heavy atom. The quantitative estimate of drug-likeness (QED) is 0.653. The first-order valence-electron chi connectivity index (χ1n) is 9.37. The number of imide groups is 1. The van der Waals surface area contributed by atoms with Crippen LogP contribution in [-0.2, 0) is 22.7 Å². The van der Waals surface area contributed by atoms with Gasteiger partial charge in [0.05, 0.1) is 0 Å². The van der Waals surface area contributed by atoms with E-state index in [0.29, 0.717) is 25.1 Å². The van der Waals surface area contributed by atoms with E-state index in [-0.39, 0.29) is 31.1 Å². The fourth-order valence-corrected chi connectivity index (χ4v) is 4.23. The zero-order chi connectivity index (χ0) is 20.1. The third kappa shape index (κ3) is 3.51. The summed E-state index contributed by atoms with van der Waals surface area (Å²) in [5.41, 5.74) is 7.89. The average molecular weight is 392 g/mol. The zero-order valence-electron chi connectivity index (χ0n) is 15.2. The van der Waals surface area contributed by atoms with E-state index in [1.165, 1.54) is 4.90 Å². The van der Waals surface area contributed by atoms with Crippen LogP contribution in [0.25, 0.3) is 0 Å². The molecule has 150 valence electrons. The van der Waals surface area contributed by atoms with Gasteiger partial charge in [0.1, 0.15) is 6.04 Å². The average Bonchev–Trinajstić information content (AvgIpc) is 3.08. The number of rotatable bonds is 4. The van der Waals surface area contributed by atoms with Crippen LogP contribution < -0.4 is 16.4 Å². The lowest BCUT2D eigenvalue weighted by Crippen LogP contribution is -2.52. The van der Waals surface area contributed by atoms with Crippen molar-refractivity contribution in [2.75, 3.05) is 0 Å². The van der Waals surface area contributed by atoms with Crippen molar-refractivity contribution in [3.05, 3.63) is 34.9 Å². The summed E-state index contributed by atoms with van der Waals surface area (Å²) < 4.78 is 26.9. The number of hydrogen-bond acceptors (Lipinski definition) is 5. The molecular weight excluding hydrogens is 370 g/mol. The molecule has 0 aromatic heterocycles. The van der Waals surface area contributed by atoms with E-state index < -0.39 is 30.0 Å². The molecule has 7 nitrogen and oxygen atoms in total. The van der Waals surface area contributed by atoms with Crippen LogP contribution in [0.5, 0.6) is 0 Å². The Bertz CT molecular complexity index is 844. The second-order valence-corrected chi connectivity index (χ2v) is 7.81. The minimum absolute atomic E-state index is 0.206. The Balaban J connectivity index is 1.43. The highest BCUT2D eigenvalue weighted by molar-refractivity contribution is 6.05. The Hall–Kier alpha value is -2.39. The summed E-state index contributed by atoms with van der Waals surface area (Å²) in [5, 5.41) is 5.34. The number of nitrogens with two attached hydrogens (primary N) is 1. The number of hydrogen-bond donors (Lipinski definition) is 3. The summed E-state index contributed by atoms with van der Waals surface area (Å²) in [4.78, 5) is 37.7. The van der Waals surface area contributed by atoms with Gasteiger partial charge in [0, 0.05) is 50.0 Å². The van der Waals surface area contributed by atoms with Gasteiger partial charge in [-0.2, -0.15) is 0 Å². The number of amides is 3. The van der Waals surface area contributed by atoms with Gasteiger partial charge in [-0.05, 0) is 23.6 Å². The third-order valence-corrected chi connectivity index (χ3v) is 5.73. The van der Waals surface area contributed by atoms with Crippen molar-refractivity contribution in [1.82, 2.24) is 15.5 Å². The van der Waals surface area contributed by atoms with Crippen LogP contribution in [-0.4, -0.2) is 46.7 Å². The molecule has 1 aromatic rings. The maximum atomic E-state index is 13.5. The Morgan fingerprint density at radius 3 is 2.71 bits per heavy atom. The minimum Gasteiger partial charge on any atom is -0.326 e. The van der Waals surface area contributed by atoms with Gasteiger partial charge in [-0.1, -0.05) is 12.1 Å². The molecule has 1 unspecified atom stereocenters. The number of fused-ring (bicyclic) bond motifs is 1. The van der Waals surface area contributed by atoms with E-state index >= 15 is 0 Å². The number of nitrogens with one attached hydrogen (secondary N) is 2. The number of alkyl halides is 2. The molecular formula is C19H22F2N4O3. The number of carbonyl (C=O) groups is 3. The number of nitrogens with zero attached hydrogens (tertiary/aromatic N) is 1. The first-order chi connectivity index (χ1) is 13.2. The SMILES string of the molecule is N[C@@H]1CC(F)(F)C[C@@H]1NCc1ccc2c(c1)C(=O)N(C1CCC(=O)NC1=O)C2. The molecule has 0 radical (unpaired) electrons. The summed E-state index contributed by atoms with van der Waals surface area (Å²) in [6.45, 7) is 0.640. The van der Waals surface area contributed by atoms with Crippen molar-refractivity contribution in [2.24, 2.45) is 5.73 Å². The summed E-state index contributed by atoms with van der Waals surface area (Å²) in [5.74, 6) is -3.77. The van der Waals surface area contributed by atoms with Crippen LogP contribution >= 0.6 is 0 Å². The molecule has 0 bridgehead atoms. The lowest BCUT2D eigenvalue weighted by atomic mass is 10.0. The summed E-state index contributed by atoms with van der Waals surface area (Å²) in [7, 11) is 0. The number of benzene rings is 1. The van der Waals surface area contributed by atoms with Crippen molar-refractivity contribution in [3.8, 4) is 0 Å². The van der Waals surface area contributed by atoms with Gasteiger partial charge < -0.3 is 16.0 Å². The topological polar surface area (TPSA) is 105 Å². The molecule has 28 heavy (non-hydrogen) atoms. The maximum Gasteiger partial charge on any atom is 0.255 e. The van der Waals surface area contributed by atoms with E-state index in [9.17, 15) is 23.2 Å². The van der Waals surface area contributed by atoms with E-state index in [2.05, 4.69) is 10.6 Å². The van der Waals surface area contributed by atoms with Gasteiger partial charge in [0.25, 0.3) is 11.8 Å². The van der Waals surface area contributed by atoms with Crippen LogP contribution in [0.1, 0.15) is 47.2 Å². The van der Waals surface area contributed by atoms with Crippen molar-refractivity contribution in [2.45, 2.75) is 62.8 Å². The van der Waals surface area contributed by atoms with E-state index in [0.717, 1.165) is 11.1 Å². The van der Waals surface area contributed by atoms with Crippen LogP contribution in [0.4, 0.5) is 8.78 Å². The molecule has 2 fully saturated rings. The lowest BCUT2D eigenvalue weighted by molar-refractivity contribution is -0.136. The molecule has 3 aliphatic rings. The van der Waals surface area contributed by atoms with Crippen LogP contribution in [0.3, 0.4) is 0 Å². The predicted molar refractivity (Wildman–Crippen MR) is 95.3 cm³/mol. The van der Waals surface area contributed by atoms with Crippen LogP contribution in [0.2, 0.25) is 0 Å². The normalized spacial score (nSPS) is 29.2. The summed E-state index contributed by atoms with van der Waals surface area (Å²) in [6, 6.07) is 3.66. The van der Waals surface area contributed by atoms with Crippen molar-refractivity contribution < 1.29 is 23.2 Å². The standard InChI is InChI=1S/C19H22F2N4O3/c20-19(21)6-13(22)14(7-19)23-8-10-1-2-11-9-25(18(28)12(11)5-10)15-3-4-16(26)24-17(15)27/h1-2,5,13-15,23H,3-4,6-9,22H2,(H,24,26,27)/t13-,14+,15?/m1/s1. The van der Waals surface area contributed by atoms with E-state index in [1.54, 1.807) is 6.07 Å². The first-order valence-corrected chi connectivity index (χ1v) is 9.37. The fourth-order valence-electron chi connectivity index (χ4n) is 4.23. The molecule has 1 saturated heterocycles. The minimum atomic E-state index is -2.74. The Kier molecular flexibility index (Phi) is 4.67. The van der Waals surface area contributed by atoms with Gasteiger partial charge >= 0.3 is 0 Å². The Labute approximate surface area is 160 Å². The number of piperidine rings is 1. The van der Waals surface area contributed by atoms with Crippen LogP contribution in [0, 0.1) is 0 Å². The highest BCUT2D eigenvalue weighted by Gasteiger charge is 2.44. The van der Waals surface area contributed by atoms with Gasteiger partial charge in [0.2, 0.25) is 11.8 Å².